The van der Waals surface area contributed by atoms with Crippen molar-refractivity contribution in [1.82, 2.24) is 4.90 Å². The number of rotatable bonds is 3. The molecule has 0 radical (unpaired) electrons. The van der Waals surface area contributed by atoms with E-state index in [4.69, 9.17) is 6.57 Å². The fourth-order valence-corrected chi connectivity index (χ4v) is 2.92. The first-order chi connectivity index (χ1) is 8.81. The molecule has 0 N–H and O–H groups in total. The highest BCUT2D eigenvalue weighted by Gasteiger charge is 2.29. The molecule has 1 aromatic carbocycles. The third-order valence-corrected chi connectivity index (χ3v) is 3.98. The first kappa shape index (κ1) is 13.0. The van der Waals surface area contributed by atoms with Crippen molar-refractivity contribution in [3.8, 4) is 0 Å². The van der Waals surface area contributed by atoms with Crippen LogP contribution in [0.4, 0.5) is 0 Å². The predicted molar refractivity (Wildman–Crippen MR) is 74.4 cm³/mol. The average Bonchev–Trinajstić information content (AvgIpc) is 2.46. The Labute approximate surface area is 112 Å². The maximum absolute atomic E-state index is 12.2. The number of thioether (sulfide) groups is 1. The van der Waals surface area contributed by atoms with E-state index in [1.165, 1.54) is 0 Å². The second-order valence-corrected chi connectivity index (χ2v) is 5.50. The summed E-state index contributed by atoms with van der Waals surface area (Å²) in [5.74, 6) is 1.97. The molecule has 0 aliphatic carbocycles. The summed E-state index contributed by atoms with van der Waals surface area (Å²) in [6.07, 6.45) is 0.521. The van der Waals surface area contributed by atoms with Gasteiger partial charge in [0.2, 0.25) is 0 Å². The lowest BCUT2D eigenvalue weighted by atomic mass is 10.1. The molecule has 1 aromatic rings. The standard InChI is InChI=1S/C14H16N2OS/c1-15-13(11-12-5-3-2-4-6-12)14(17)16-7-9-18-10-8-16/h2-6,13H,7-11H2/t13-/m1/s1. The topological polar surface area (TPSA) is 24.7 Å². The van der Waals surface area contributed by atoms with E-state index in [9.17, 15) is 4.79 Å². The molecule has 1 heterocycles. The van der Waals surface area contributed by atoms with Crippen LogP contribution in [-0.2, 0) is 11.2 Å². The third kappa shape index (κ3) is 3.27. The van der Waals surface area contributed by atoms with E-state index in [1.807, 2.05) is 47.0 Å². The van der Waals surface area contributed by atoms with Crippen molar-refractivity contribution in [2.45, 2.75) is 12.5 Å². The van der Waals surface area contributed by atoms with Crippen LogP contribution < -0.4 is 0 Å². The van der Waals surface area contributed by atoms with Crippen molar-refractivity contribution in [3.05, 3.63) is 47.3 Å². The van der Waals surface area contributed by atoms with E-state index in [2.05, 4.69) is 4.85 Å². The predicted octanol–water partition coefficient (Wildman–Crippen LogP) is 2.09. The smallest absolute Gasteiger partial charge is 0.306 e. The van der Waals surface area contributed by atoms with E-state index < -0.39 is 6.04 Å². The summed E-state index contributed by atoms with van der Waals surface area (Å²) in [4.78, 5) is 17.6. The van der Waals surface area contributed by atoms with Gasteiger partial charge in [-0.05, 0) is 5.56 Å². The van der Waals surface area contributed by atoms with Gasteiger partial charge in [-0.3, -0.25) is 4.79 Å². The fraction of sp³-hybridized carbons (Fsp3) is 0.429. The molecule has 1 atom stereocenters. The molecule has 18 heavy (non-hydrogen) atoms. The molecule has 1 aliphatic rings. The van der Waals surface area contributed by atoms with Gasteiger partial charge in [-0.2, -0.15) is 11.8 Å². The maximum Gasteiger partial charge on any atom is 0.306 e. The number of hydrogen-bond acceptors (Lipinski definition) is 2. The van der Waals surface area contributed by atoms with Crippen molar-refractivity contribution in [2.75, 3.05) is 24.6 Å². The Balaban J connectivity index is 2.00. The summed E-state index contributed by atoms with van der Waals surface area (Å²) in [6.45, 7) is 8.79. The molecule has 0 saturated carbocycles. The van der Waals surface area contributed by atoms with Crippen LogP contribution in [0.3, 0.4) is 0 Å². The van der Waals surface area contributed by atoms with Crippen LogP contribution in [0, 0.1) is 6.57 Å². The number of benzene rings is 1. The molecular weight excluding hydrogens is 244 g/mol. The zero-order valence-corrected chi connectivity index (χ0v) is 11.0. The summed E-state index contributed by atoms with van der Waals surface area (Å²) >= 11 is 1.87. The molecule has 4 heteroatoms. The van der Waals surface area contributed by atoms with Crippen LogP contribution in [0.25, 0.3) is 4.85 Å². The van der Waals surface area contributed by atoms with Crippen molar-refractivity contribution in [2.24, 2.45) is 0 Å². The van der Waals surface area contributed by atoms with Gasteiger partial charge in [0.1, 0.15) is 0 Å². The lowest BCUT2D eigenvalue weighted by Crippen LogP contribution is -2.43. The largest absolute Gasteiger partial charge is 0.334 e. The first-order valence-corrected chi connectivity index (χ1v) is 7.24. The van der Waals surface area contributed by atoms with Crippen molar-refractivity contribution in [1.29, 1.82) is 0 Å². The Kier molecular flexibility index (Phi) is 4.66. The third-order valence-electron chi connectivity index (χ3n) is 3.04. The zero-order chi connectivity index (χ0) is 12.8. The molecule has 0 aromatic heterocycles. The minimum Gasteiger partial charge on any atom is -0.334 e. The van der Waals surface area contributed by atoms with Crippen LogP contribution in [0.1, 0.15) is 5.56 Å². The number of carbonyl (C=O) groups excluding carboxylic acids is 1. The van der Waals surface area contributed by atoms with E-state index in [1.54, 1.807) is 0 Å². The van der Waals surface area contributed by atoms with Gasteiger partial charge < -0.3 is 9.74 Å². The van der Waals surface area contributed by atoms with Crippen molar-refractivity contribution < 1.29 is 4.79 Å². The highest BCUT2D eigenvalue weighted by molar-refractivity contribution is 7.99. The quantitative estimate of drug-likeness (QED) is 0.777. The van der Waals surface area contributed by atoms with Crippen LogP contribution >= 0.6 is 11.8 Å². The second kappa shape index (κ2) is 6.46. The number of amides is 1. The van der Waals surface area contributed by atoms with Crippen LogP contribution in [0.2, 0.25) is 0 Å². The lowest BCUT2D eigenvalue weighted by molar-refractivity contribution is -0.131. The zero-order valence-electron chi connectivity index (χ0n) is 10.2. The highest BCUT2D eigenvalue weighted by atomic mass is 32.2. The van der Waals surface area contributed by atoms with Crippen LogP contribution in [0.5, 0.6) is 0 Å². The molecular formula is C14H16N2OS. The van der Waals surface area contributed by atoms with E-state index in [0.717, 1.165) is 30.2 Å². The maximum atomic E-state index is 12.2. The number of carbonyl (C=O) groups is 1. The van der Waals surface area contributed by atoms with Gasteiger partial charge in [-0.15, -0.1) is 0 Å². The van der Waals surface area contributed by atoms with Gasteiger partial charge in [-0.25, -0.2) is 6.57 Å². The van der Waals surface area contributed by atoms with Gasteiger partial charge in [0.05, 0.1) is 6.42 Å². The molecule has 1 fully saturated rings. The lowest BCUT2D eigenvalue weighted by Gasteiger charge is -2.26. The van der Waals surface area contributed by atoms with Gasteiger partial charge in [-0.1, -0.05) is 30.3 Å². The van der Waals surface area contributed by atoms with Gasteiger partial charge in [0.15, 0.2) is 0 Å². The molecule has 0 spiro atoms. The van der Waals surface area contributed by atoms with Gasteiger partial charge >= 0.3 is 11.9 Å². The highest BCUT2D eigenvalue weighted by Crippen LogP contribution is 2.14. The number of hydrogen-bond donors (Lipinski definition) is 0. The fourth-order valence-electron chi connectivity index (χ4n) is 2.02. The average molecular weight is 260 g/mol. The summed E-state index contributed by atoms with van der Waals surface area (Å²) in [5.41, 5.74) is 1.05. The molecule has 1 saturated heterocycles. The minimum absolute atomic E-state index is 0.00541. The normalized spacial score (nSPS) is 16.9. The molecule has 0 bridgehead atoms. The van der Waals surface area contributed by atoms with Crippen molar-refractivity contribution >= 4 is 17.7 Å². The van der Waals surface area contributed by atoms with Crippen molar-refractivity contribution in [3.63, 3.8) is 0 Å². The van der Waals surface area contributed by atoms with Gasteiger partial charge in [0.25, 0.3) is 0 Å². The molecule has 1 amide bonds. The Morgan fingerprint density at radius 1 is 1.33 bits per heavy atom. The first-order valence-electron chi connectivity index (χ1n) is 6.08. The van der Waals surface area contributed by atoms with E-state index >= 15 is 0 Å². The van der Waals surface area contributed by atoms with Gasteiger partial charge in [0, 0.05) is 24.6 Å². The summed E-state index contributed by atoms with van der Waals surface area (Å²) in [6, 6.07) is 9.21. The minimum atomic E-state index is -0.560. The SMILES string of the molecule is [C-]#[N+][C@H](Cc1ccccc1)C(=O)N1CCSCC1. The molecule has 3 nitrogen and oxygen atoms in total. The summed E-state index contributed by atoms with van der Waals surface area (Å²) in [7, 11) is 0. The molecule has 1 aliphatic heterocycles. The molecule has 94 valence electrons. The van der Waals surface area contributed by atoms with E-state index in [0.29, 0.717) is 6.42 Å². The Morgan fingerprint density at radius 3 is 2.61 bits per heavy atom. The van der Waals surface area contributed by atoms with Crippen LogP contribution in [0.15, 0.2) is 30.3 Å². The van der Waals surface area contributed by atoms with E-state index in [-0.39, 0.29) is 5.91 Å². The van der Waals surface area contributed by atoms with Crippen LogP contribution in [-0.4, -0.2) is 41.4 Å². The number of nitrogens with zero attached hydrogens (tertiary/aromatic N) is 2. The molecule has 0 unspecified atom stereocenters. The summed E-state index contributed by atoms with van der Waals surface area (Å²) < 4.78 is 0. The summed E-state index contributed by atoms with van der Waals surface area (Å²) in [5, 5.41) is 0. The molecule has 2 rings (SSSR count). The Bertz CT molecular complexity index is 435. The monoisotopic (exact) mass is 260 g/mol. The second-order valence-electron chi connectivity index (χ2n) is 4.27. The Morgan fingerprint density at radius 2 is 2.00 bits per heavy atom. The Hall–Kier alpha value is -1.47.